The van der Waals surface area contributed by atoms with E-state index in [9.17, 15) is 9.59 Å². The van der Waals surface area contributed by atoms with E-state index in [0.717, 1.165) is 28.8 Å². The minimum Gasteiger partial charge on any atom is -0.494 e. The van der Waals surface area contributed by atoms with Crippen LogP contribution >= 0.6 is 23.1 Å². The monoisotopic (exact) mass is 461 g/mol. The maximum Gasteiger partial charge on any atom is 0.341 e. The summed E-state index contributed by atoms with van der Waals surface area (Å²) in [4.78, 5) is 32.7. The fraction of sp³-hybridized carbons (Fsp3) is 0.409. The van der Waals surface area contributed by atoms with Gasteiger partial charge in [0.25, 0.3) is 0 Å². The van der Waals surface area contributed by atoms with E-state index in [1.807, 2.05) is 30.5 Å². The number of thiophene rings is 1. The third-order valence-electron chi connectivity index (χ3n) is 4.31. The summed E-state index contributed by atoms with van der Waals surface area (Å²) in [6, 6.07) is 5.65. The molecule has 2 heterocycles. The second-order valence-corrected chi connectivity index (χ2v) is 9.12. The molecule has 0 spiro atoms. The van der Waals surface area contributed by atoms with Crippen LogP contribution in [0.2, 0.25) is 0 Å². The quantitative estimate of drug-likeness (QED) is 0.321. The van der Waals surface area contributed by atoms with Gasteiger partial charge in [0.2, 0.25) is 5.91 Å². The molecule has 0 aliphatic heterocycles. The molecule has 0 bridgehead atoms. The Hall–Kier alpha value is -2.52. The first-order valence-corrected chi connectivity index (χ1v) is 12.1. The summed E-state index contributed by atoms with van der Waals surface area (Å²) in [6.07, 6.45) is 0.748. The van der Waals surface area contributed by atoms with Crippen molar-refractivity contribution >= 4 is 51.0 Å². The number of nitrogens with one attached hydrogen (secondary N) is 2. The van der Waals surface area contributed by atoms with Crippen molar-refractivity contribution in [3.8, 4) is 5.75 Å². The summed E-state index contributed by atoms with van der Waals surface area (Å²) < 4.78 is 10.7. The van der Waals surface area contributed by atoms with E-state index in [1.54, 1.807) is 6.92 Å². The van der Waals surface area contributed by atoms with Gasteiger partial charge in [-0.05, 0) is 49.3 Å². The molecular formula is C22H27N3O4S2. The van der Waals surface area contributed by atoms with Crippen LogP contribution in [0, 0.1) is 5.92 Å². The number of hydrogen-bond donors (Lipinski definition) is 2. The van der Waals surface area contributed by atoms with Crippen LogP contribution in [0.4, 0.5) is 5.00 Å². The minimum absolute atomic E-state index is 0.165. The topological polar surface area (TPSA) is 93.3 Å². The molecule has 31 heavy (non-hydrogen) atoms. The average molecular weight is 462 g/mol. The highest BCUT2D eigenvalue weighted by molar-refractivity contribution is 7.99. The second-order valence-electron chi connectivity index (χ2n) is 7.27. The molecule has 9 heteroatoms. The maximum absolute atomic E-state index is 12.6. The number of aromatic nitrogens is 2. The molecule has 1 aromatic carbocycles. The minimum atomic E-state index is -0.398. The Morgan fingerprint density at radius 3 is 2.77 bits per heavy atom. The summed E-state index contributed by atoms with van der Waals surface area (Å²) in [7, 11) is 0. The normalized spacial score (nSPS) is 11.1. The van der Waals surface area contributed by atoms with Crippen molar-refractivity contribution < 1.29 is 19.1 Å². The molecule has 7 nitrogen and oxygen atoms in total. The number of thioether (sulfide) groups is 1. The van der Waals surface area contributed by atoms with Crippen LogP contribution in [0.3, 0.4) is 0 Å². The largest absolute Gasteiger partial charge is 0.494 e. The van der Waals surface area contributed by atoms with Crippen molar-refractivity contribution in [2.75, 3.05) is 24.3 Å². The number of anilines is 1. The first-order valence-electron chi connectivity index (χ1n) is 10.2. The van der Waals surface area contributed by atoms with Gasteiger partial charge in [0.05, 0.1) is 35.6 Å². The lowest BCUT2D eigenvalue weighted by molar-refractivity contribution is -0.113. The number of benzene rings is 1. The zero-order chi connectivity index (χ0) is 22.4. The van der Waals surface area contributed by atoms with E-state index < -0.39 is 5.97 Å². The van der Waals surface area contributed by atoms with Crippen molar-refractivity contribution in [2.45, 2.75) is 39.3 Å². The van der Waals surface area contributed by atoms with Crippen molar-refractivity contribution in [3.05, 3.63) is 34.7 Å². The lowest BCUT2D eigenvalue weighted by atomic mass is 10.0. The molecule has 0 radical (unpaired) electrons. The van der Waals surface area contributed by atoms with Gasteiger partial charge in [-0.1, -0.05) is 25.6 Å². The number of ether oxygens (including phenoxy) is 2. The van der Waals surface area contributed by atoms with Crippen LogP contribution in [-0.4, -0.2) is 40.8 Å². The molecule has 2 N–H and O–H groups in total. The highest BCUT2D eigenvalue weighted by Gasteiger charge is 2.22. The first kappa shape index (κ1) is 23.1. The molecular weight excluding hydrogens is 434 g/mol. The van der Waals surface area contributed by atoms with E-state index in [4.69, 9.17) is 9.47 Å². The van der Waals surface area contributed by atoms with E-state index >= 15 is 0 Å². The Bertz CT molecular complexity index is 1060. The lowest BCUT2D eigenvalue weighted by Crippen LogP contribution is -2.17. The number of carbonyl (C=O) groups excluding carboxylic acids is 2. The Morgan fingerprint density at radius 2 is 2.06 bits per heavy atom. The van der Waals surface area contributed by atoms with Gasteiger partial charge in [0.15, 0.2) is 5.16 Å². The molecule has 2 aromatic heterocycles. The molecule has 0 unspecified atom stereocenters. The first-order chi connectivity index (χ1) is 14.9. The van der Waals surface area contributed by atoms with E-state index in [-0.39, 0.29) is 18.3 Å². The number of imidazole rings is 1. The van der Waals surface area contributed by atoms with Crippen LogP contribution in [0.15, 0.2) is 28.7 Å². The molecule has 0 saturated carbocycles. The highest BCUT2D eigenvalue weighted by Crippen LogP contribution is 2.31. The van der Waals surface area contributed by atoms with Crippen LogP contribution in [-0.2, 0) is 16.0 Å². The Labute approximate surface area is 189 Å². The average Bonchev–Trinajstić information content (AvgIpc) is 3.29. The van der Waals surface area contributed by atoms with Gasteiger partial charge >= 0.3 is 5.97 Å². The predicted octanol–water partition coefficient (Wildman–Crippen LogP) is 5.13. The summed E-state index contributed by atoms with van der Waals surface area (Å²) >= 11 is 2.66. The van der Waals surface area contributed by atoms with Crippen molar-refractivity contribution in [1.82, 2.24) is 9.97 Å². The molecule has 3 rings (SSSR count). The molecule has 3 aromatic rings. The molecule has 0 aliphatic rings. The van der Waals surface area contributed by atoms with E-state index in [2.05, 4.69) is 29.1 Å². The van der Waals surface area contributed by atoms with Crippen LogP contribution in [0.1, 0.15) is 43.6 Å². The number of H-pyrrole nitrogens is 1. The van der Waals surface area contributed by atoms with Crippen molar-refractivity contribution in [2.24, 2.45) is 5.92 Å². The van der Waals surface area contributed by atoms with Crippen molar-refractivity contribution in [1.29, 1.82) is 0 Å². The standard InChI is InChI=1S/C22H27N3O4S2/c1-5-28-15-7-8-16-17(10-15)24-22(23-16)31-12-18(26)25-20-19(21(27)29-6-2)14(11-30-20)9-13(3)4/h7-8,10-11,13H,5-6,9,12H2,1-4H3,(H,23,24)(H,25,26). The summed E-state index contributed by atoms with van der Waals surface area (Å²) in [6.45, 7) is 8.76. The molecule has 1 amide bonds. The fourth-order valence-electron chi connectivity index (χ4n) is 3.09. The van der Waals surface area contributed by atoms with E-state index in [0.29, 0.717) is 28.2 Å². The Balaban J connectivity index is 1.67. The van der Waals surface area contributed by atoms with Gasteiger partial charge < -0.3 is 19.8 Å². The highest BCUT2D eigenvalue weighted by atomic mass is 32.2. The van der Waals surface area contributed by atoms with Crippen LogP contribution < -0.4 is 10.1 Å². The number of rotatable bonds is 10. The molecule has 0 aliphatic carbocycles. The number of nitrogens with zero attached hydrogens (tertiary/aromatic N) is 1. The zero-order valence-electron chi connectivity index (χ0n) is 18.1. The van der Waals surface area contributed by atoms with Gasteiger partial charge in [0, 0.05) is 6.07 Å². The number of fused-ring (bicyclic) bond motifs is 1. The van der Waals surface area contributed by atoms with Gasteiger partial charge in [-0.25, -0.2) is 9.78 Å². The predicted molar refractivity (Wildman–Crippen MR) is 125 cm³/mol. The zero-order valence-corrected chi connectivity index (χ0v) is 19.7. The third-order valence-corrected chi connectivity index (χ3v) is 6.13. The smallest absolute Gasteiger partial charge is 0.341 e. The Kier molecular flexibility index (Phi) is 7.97. The van der Waals surface area contributed by atoms with Gasteiger partial charge in [-0.2, -0.15) is 0 Å². The van der Waals surface area contributed by atoms with Crippen LogP contribution in [0.5, 0.6) is 5.75 Å². The molecule has 0 atom stereocenters. The summed E-state index contributed by atoms with van der Waals surface area (Å²) in [5, 5.41) is 5.97. The van der Waals surface area contributed by atoms with E-state index in [1.165, 1.54) is 23.1 Å². The fourth-order valence-corrected chi connectivity index (χ4v) is 4.75. The van der Waals surface area contributed by atoms with Gasteiger partial charge in [-0.3, -0.25) is 4.79 Å². The number of carbonyl (C=O) groups is 2. The molecule has 0 saturated heterocycles. The number of esters is 1. The summed E-state index contributed by atoms with van der Waals surface area (Å²) in [5.74, 6) is 0.721. The SMILES string of the molecule is CCOC(=O)c1c(CC(C)C)csc1NC(=O)CSc1nc2ccc(OCC)cc2[nH]1. The lowest BCUT2D eigenvalue weighted by Gasteiger charge is -2.09. The molecule has 0 fully saturated rings. The number of amides is 1. The van der Waals surface area contributed by atoms with Gasteiger partial charge in [-0.15, -0.1) is 11.3 Å². The number of aromatic amines is 1. The Morgan fingerprint density at radius 1 is 1.26 bits per heavy atom. The molecule has 166 valence electrons. The number of hydrogen-bond acceptors (Lipinski definition) is 7. The second kappa shape index (κ2) is 10.7. The van der Waals surface area contributed by atoms with Crippen LogP contribution in [0.25, 0.3) is 11.0 Å². The summed E-state index contributed by atoms with van der Waals surface area (Å²) in [5.41, 5.74) is 3.04. The van der Waals surface area contributed by atoms with Crippen molar-refractivity contribution in [3.63, 3.8) is 0 Å². The van der Waals surface area contributed by atoms with Gasteiger partial charge in [0.1, 0.15) is 10.8 Å². The third kappa shape index (κ3) is 6.01. The maximum atomic E-state index is 12.6.